The zero-order valence-electron chi connectivity index (χ0n) is 31.0. The Labute approximate surface area is 320 Å². The van der Waals surface area contributed by atoms with Crippen LogP contribution in [0.25, 0.3) is 11.1 Å². The average Bonchev–Trinajstić information content (AvgIpc) is 3.75. The number of H-pyrrole nitrogens is 1. The summed E-state index contributed by atoms with van der Waals surface area (Å²) in [6.45, 7) is -1.68. The third-order valence-electron chi connectivity index (χ3n) is 9.59. The van der Waals surface area contributed by atoms with E-state index in [9.17, 15) is 45.6 Å². The fourth-order valence-electron chi connectivity index (χ4n) is 6.13. The maximum absolute atomic E-state index is 13.1. The largest absolute Gasteiger partial charge is 0.394 e. The molecular formula is C37H59N7O11. The van der Waals surface area contributed by atoms with Gasteiger partial charge in [0.05, 0.1) is 31.5 Å². The number of nitrogens with two attached hydrogens (primary N) is 1. The Morgan fingerprint density at radius 1 is 0.691 bits per heavy atom. The molecule has 0 saturated heterocycles. The molecule has 0 aliphatic rings. The SMILES string of the molecule is NCCCCc1ccc(-c2ccc(CCC(=O)N[C@@H](CCCCN(C[C@H](O)[C@@H](O)[C@H](O)[C@H](O)CO)C[C@H](O)[C@@H](O)[C@H](O)[C@H](O)CO)c3nnn[nH]3)cc2)cc1. The molecule has 18 nitrogen and oxygen atoms in total. The number of nitrogens with one attached hydrogen (secondary N) is 2. The molecule has 18 heteroatoms. The lowest BCUT2D eigenvalue weighted by molar-refractivity contribution is -0.130. The molecule has 1 amide bonds. The van der Waals surface area contributed by atoms with E-state index in [1.807, 2.05) is 24.3 Å². The predicted octanol–water partition coefficient (Wildman–Crippen LogP) is -2.72. The number of tetrazole rings is 1. The smallest absolute Gasteiger partial charge is 0.220 e. The molecule has 308 valence electrons. The molecule has 0 aliphatic heterocycles. The highest BCUT2D eigenvalue weighted by atomic mass is 16.4. The van der Waals surface area contributed by atoms with Crippen LogP contribution in [-0.2, 0) is 17.6 Å². The summed E-state index contributed by atoms with van der Waals surface area (Å²) in [4.78, 5) is 14.5. The number of aromatic nitrogens is 4. The quantitative estimate of drug-likeness (QED) is 0.0350. The molecule has 1 heterocycles. The number of benzene rings is 2. The number of hydrogen-bond donors (Lipinski definition) is 13. The van der Waals surface area contributed by atoms with Crippen LogP contribution >= 0.6 is 0 Å². The molecule has 0 saturated carbocycles. The topological polar surface area (TPSA) is 315 Å². The van der Waals surface area contributed by atoms with Crippen molar-refractivity contribution in [3.8, 4) is 11.1 Å². The Balaban J connectivity index is 1.56. The summed E-state index contributed by atoms with van der Waals surface area (Å²) in [5.74, 6) is 0.115. The second-order valence-corrected chi connectivity index (χ2v) is 13.9. The molecule has 0 unspecified atom stereocenters. The van der Waals surface area contributed by atoms with Gasteiger partial charge in [0.2, 0.25) is 5.91 Å². The van der Waals surface area contributed by atoms with E-state index in [0.717, 1.165) is 36.0 Å². The maximum atomic E-state index is 13.1. The molecule has 3 rings (SSSR count). The van der Waals surface area contributed by atoms with Gasteiger partial charge in [-0.25, -0.2) is 5.10 Å². The van der Waals surface area contributed by atoms with E-state index in [2.05, 4.69) is 50.2 Å². The first-order chi connectivity index (χ1) is 26.4. The number of hydrogen-bond acceptors (Lipinski definition) is 16. The summed E-state index contributed by atoms with van der Waals surface area (Å²) in [6, 6.07) is 16.0. The van der Waals surface area contributed by atoms with Crippen LogP contribution in [0.2, 0.25) is 0 Å². The molecular weight excluding hydrogens is 718 g/mol. The van der Waals surface area contributed by atoms with Crippen LogP contribution in [-0.4, -0.2) is 171 Å². The monoisotopic (exact) mass is 777 g/mol. The Hall–Kier alpha value is -3.50. The predicted molar refractivity (Wildman–Crippen MR) is 200 cm³/mol. The number of aryl methyl sites for hydroxylation is 2. The first kappa shape index (κ1) is 45.9. The zero-order valence-corrected chi connectivity index (χ0v) is 31.0. The van der Waals surface area contributed by atoms with Crippen molar-refractivity contribution in [1.82, 2.24) is 30.8 Å². The third-order valence-corrected chi connectivity index (χ3v) is 9.59. The number of unbranched alkanes of at least 4 members (excludes halogenated alkanes) is 2. The lowest BCUT2D eigenvalue weighted by Crippen LogP contribution is -2.53. The summed E-state index contributed by atoms with van der Waals surface area (Å²) in [5.41, 5.74) is 10.0. The summed E-state index contributed by atoms with van der Waals surface area (Å²) >= 11 is 0. The van der Waals surface area contributed by atoms with Gasteiger partial charge in [0, 0.05) is 19.5 Å². The van der Waals surface area contributed by atoms with Gasteiger partial charge in [-0.1, -0.05) is 48.5 Å². The minimum Gasteiger partial charge on any atom is -0.394 e. The Morgan fingerprint density at radius 2 is 1.20 bits per heavy atom. The van der Waals surface area contributed by atoms with Crippen molar-refractivity contribution < 1.29 is 55.9 Å². The van der Waals surface area contributed by atoms with Crippen molar-refractivity contribution in [2.75, 3.05) is 39.4 Å². The summed E-state index contributed by atoms with van der Waals surface area (Å²) < 4.78 is 0. The lowest BCUT2D eigenvalue weighted by atomic mass is 9.99. The molecule has 1 aromatic heterocycles. The molecule has 55 heavy (non-hydrogen) atoms. The number of nitrogens with zero attached hydrogens (tertiary/aromatic N) is 4. The minimum atomic E-state index is -1.89. The fourth-order valence-corrected chi connectivity index (χ4v) is 6.13. The number of amides is 1. The summed E-state index contributed by atoms with van der Waals surface area (Å²) in [6.07, 6.45) is -9.42. The van der Waals surface area contributed by atoms with Gasteiger partial charge in [-0.15, -0.1) is 5.10 Å². The highest BCUT2D eigenvalue weighted by Crippen LogP contribution is 2.22. The normalized spacial score (nSPS) is 16.9. The van der Waals surface area contributed by atoms with E-state index < -0.39 is 68.1 Å². The van der Waals surface area contributed by atoms with Crippen molar-refractivity contribution in [3.63, 3.8) is 0 Å². The minimum absolute atomic E-state index is 0.134. The average molecular weight is 778 g/mol. The van der Waals surface area contributed by atoms with Crippen molar-refractivity contribution >= 4 is 5.91 Å². The first-order valence-electron chi connectivity index (χ1n) is 18.7. The van der Waals surface area contributed by atoms with Crippen molar-refractivity contribution in [2.45, 2.75) is 106 Å². The van der Waals surface area contributed by atoms with E-state index in [4.69, 9.17) is 15.9 Å². The summed E-state index contributed by atoms with van der Waals surface area (Å²) in [5, 5.41) is 116. The maximum Gasteiger partial charge on any atom is 0.220 e. The Kier molecular flexibility index (Phi) is 20.2. The van der Waals surface area contributed by atoms with Crippen molar-refractivity contribution in [1.29, 1.82) is 0 Å². The Bertz CT molecular complexity index is 1440. The number of aromatic amines is 1. The van der Waals surface area contributed by atoms with Crippen LogP contribution in [0.15, 0.2) is 48.5 Å². The van der Waals surface area contributed by atoms with Crippen LogP contribution < -0.4 is 11.1 Å². The number of carbonyl (C=O) groups excluding carboxylic acids is 1. The molecule has 14 N–H and O–H groups in total. The molecule has 9 atom stereocenters. The molecule has 0 aliphatic carbocycles. The van der Waals surface area contributed by atoms with Gasteiger partial charge in [0.15, 0.2) is 5.82 Å². The van der Waals surface area contributed by atoms with Gasteiger partial charge >= 0.3 is 0 Å². The standard InChI is InChI=1S/C37H59N7O11/c38-17-3-1-5-23-7-12-25(13-8-23)26-14-9-24(10-15-26)11-16-32(51)39-27(37-40-42-43-41-37)6-2-4-18-44(19-28(47)33(52)35(54)30(49)21-45)20-29(48)34(53)36(55)31(50)22-46/h7-10,12-15,27-31,33-36,45-50,52-55H,1-6,11,16-22,38H2,(H,39,51)(H,40,41,42,43)/t27-,28-,29-,30+,31+,33+,34+,35+,36+/m0/s1. The van der Waals surface area contributed by atoms with Crippen molar-refractivity contribution in [3.05, 3.63) is 65.5 Å². The van der Waals surface area contributed by atoms with Crippen LogP contribution in [0.3, 0.4) is 0 Å². The number of aliphatic hydroxyl groups is 10. The fraction of sp³-hybridized carbons (Fsp3) is 0.622. The van der Waals surface area contributed by atoms with E-state index in [0.29, 0.717) is 38.1 Å². The van der Waals surface area contributed by atoms with Gasteiger partial charge in [-0.3, -0.25) is 9.69 Å². The van der Waals surface area contributed by atoms with Gasteiger partial charge < -0.3 is 62.1 Å². The number of carbonyl (C=O) groups is 1. The number of rotatable bonds is 27. The molecule has 2 aromatic carbocycles. The van der Waals surface area contributed by atoms with Crippen LogP contribution in [0.5, 0.6) is 0 Å². The molecule has 0 bridgehead atoms. The van der Waals surface area contributed by atoms with E-state index in [-0.39, 0.29) is 32.0 Å². The van der Waals surface area contributed by atoms with Crippen LogP contribution in [0.1, 0.15) is 61.5 Å². The first-order valence-corrected chi connectivity index (χ1v) is 18.7. The van der Waals surface area contributed by atoms with Gasteiger partial charge in [-0.05, 0) is 90.7 Å². The molecule has 3 aromatic rings. The molecule has 0 fully saturated rings. The van der Waals surface area contributed by atoms with E-state index in [1.54, 1.807) is 0 Å². The van der Waals surface area contributed by atoms with Gasteiger partial charge in [-0.2, -0.15) is 0 Å². The van der Waals surface area contributed by atoms with Gasteiger partial charge in [0.1, 0.15) is 36.6 Å². The highest BCUT2D eigenvalue weighted by molar-refractivity contribution is 5.76. The second-order valence-electron chi connectivity index (χ2n) is 13.9. The summed E-state index contributed by atoms with van der Waals surface area (Å²) in [7, 11) is 0. The number of aliphatic hydroxyl groups excluding tert-OH is 10. The Morgan fingerprint density at radius 3 is 1.67 bits per heavy atom. The van der Waals surface area contributed by atoms with E-state index >= 15 is 0 Å². The second kappa shape index (κ2) is 24.2. The molecule has 0 spiro atoms. The van der Waals surface area contributed by atoms with E-state index in [1.165, 1.54) is 10.5 Å². The van der Waals surface area contributed by atoms with Gasteiger partial charge in [0.25, 0.3) is 0 Å². The lowest BCUT2D eigenvalue weighted by Gasteiger charge is -2.33. The zero-order chi connectivity index (χ0) is 40.3. The third kappa shape index (κ3) is 15.2. The van der Waals surface area contributed by atoms with Crippen molar-refractivity contribution in [2.24, 2.45) is 5.73 Å². The van der Waals surface area contributed by atoms with Crippen LogP contribution in [0.4, 0.5) is 0 Å². The highest BCUT2D eigenvalue weighted by Gasteiger charge is 2.34. The van der Waals surface area contributed by atoms with Crippen LogP contribution in [0, 0.1) is 0 Å². The molecule has 0 radical (unpaired) electrons.